The first-order chi connectivity index (χ1) is 30.2. The Morgan fingerprint density at radius 1 is 0.435 bits per heavy atom. The van der Waals surface area contributed by atoms with Crippen molar-refractivity contribution in [2.24, 2.45) is 22.6 Å². The molecule has 0 aromatic rings. The highest BCUT2D eigenvalue weighted by atomic mass is 16.8. The van der Waals surface area contributed by atoms with Gasteiger partial charge in [-0.25, -0.2) is 0 Å². The smallest absolute Gasteiger partial charge is 0.217 e. The quantitative estimate of drug-likeness (QED) is 0.123. The molecule has 0 aliphatic carbocycles. The van der Waals surface area contributed by atoms with Crippen LogP contribution >= 0.6 is 0 Å². The zero-order valence-corrected chi connectivity index (χ0v) is 45.8. The van der Waals surface area contributed by atoms with Gasteiger partial charge in [-0.15, -0.1) is 0 Å². The van der Waals surface area contributed by atoms with Crippen molar-refractivity contribution >= 4 is 5.91 Å². The molecule has 4 aliphatic rings. The van der Waals surface area contributed by atoms with Gasteiger partial charge in [0, 0.05) is 19.4 Å². The number of rotatable bonds is 12. The molecule has 0 aromatic carbocycles. The molecule has 4 aliphatic heterocycles. The fourth-order valence-corrected chi connectivity index (χ4v) is 12.3. The maximum atomic E-state index is 13.6. The predicted octanol–water partition coefficient (Wildman–Crippen LogP) is 0.0255. The molecular formula is C48H92N4O17. The van der Waals surface area contributed by atoms with Crippen molar-refractivity contribution in [1.29, 1.82) is 0 Å². The van der Waals surface area contributed by atoms with Gasteiger partial charge in [0.1, 0.15) is 55.9 Å². The highest BCUT2D eigenvalue weighted by Gasteiger charge is 2.85. The third-order valence-electron chi connectivity index (χ3n) is 21.0. The van der Waals surface area contributed by atoms with E-state index in [0.717, 1.165) is 0 Å². The Morgan fingerprint density at radius 3 is 1.01 bits per heavy atom. The molecule has 21 heteroatoms. The Morgan fingerprint density at radius 2 is 0.696 bits per heavy atom. The lowest BCUT2D eigenvalue weighted by Crippen LogP contribution is -2.94. The lowest BCUT2D eigenvalue weighted by molar-refractivity contribution is -0.521. The molecule has 4 fully saturated rings. The highest BCUT2D eigenvalue weighted by Crippen LogP contribution is 2.65. The van der Waals surface area contributed by atoms with Gasteiger partial charge < -0.3 is 101 Å². The molecular weight excluding hydrogens is 905 g/mol. The average molecular weight is 997 g/mol. The zero-order valence-electron chi connectivity index (χ0n) is 45.8. The Labute approximate surface area is 409 Å². The molecule has 4 saturated heterocycles. The summed E-state index contributed by atoms with van der Waals surface area (Å²) in [6, 6.07) is 0. The fraction of sp³-hybridized carbons (Fsp3) is 0.979. The van der Waals surface area contributed by atoms with E-state index in [2.05, 4.69) is 5.32 Å². The second-order valence-corrected chi connectivity index (χ2v) is 24.7. The van der Waals surface area contributed by atoms with E-state index < -0.39 is 145 Å². The summed E-state index contributed by atoms with van der Waals surface area (Å²) in [5.41, 5.74) is -11.3. The van der Waals surface area contributed by atoms with Crippen LogP contribution in [0.25, 0.3) is 0 Å². The van der Waals surface area contributed by atoms with Crippen molar-refractivity contribution in [2.75, 3.05) is 33.5 Å². The van der Waals surface area contributed by atoms with Crippen LogP contribution in [0.2, 0.25) is 0 Å². The lowest BCUT2D eigenvalue weighted by atomic mass is 9.54. The number of carbonyl (C=O) groups excluding carboxylic acids is 1. The van der Waals surface area contributed by atoms with E-state index in [1.807, 2.05) is 0 Å². The number of aliphatic hydroxyl groups is 8. The van der Waals surface area contributed by atoms with Crippen LogP contribution in [0.5, 0.6) is 0 Å². The van der Waals surface area contributed by atoms with Gasteiger partial charge in [0.25, 0.3) is 0 Å². The number of carbonyl (C=O) groups is 1. The molecule has 8 unspecified atom stereocenters. The minimum absolute atomic E-state index is 0.592. The maximum absolute atomic E-state index is 13.6. The van der Waals surface area contributed by atoms with Crippen LogP contribution in [0.1, 0.15) is 152 Å². The average Bonchev–Trinajstić information content (AvgIpc) is 3.20. The summed E-state index contributed by atoms with van der Waals surface area (Å²) in [4.78, 5) is 13.5. The molecule has 0 saturated carbocycles. The summed E-state index contributed by atoms with van der Waals surface area (Å²) in [6.45, 7) is 28.3. The van der Waals surface area contributed by atoms with E-state index in [4.69, 9.17) is 55.1 Å². The molecule has 4 rings (SSSR count). The predicted molar refractivity (Wildman–Crippen MR) is 252 cm³/mol. The molecule has 69 heavy (non-hydrogen) atoms. The summed E-state index contributed by atoms with van der Waals surface area (Å²) in [6.07, 6.45) is 0. The van der Waals surface area contributed by atoms with Crippen molar-refractivity contribution in [1.82, 2.24) is 5.32 Å². The van der Waals surface area contributed by atoms with Crippen molar-refractivity contribution < 1.29 is 83.5 Å². The van der Waals surface area contributed by atoms with Gasteiger partial charge >= 0.3 is 0 Å². The molecule has 406 valence electrons. The monoisotopic (exact) mass is 997 g/mol. The summed E-state index contributed by atoms with van der Waals surface area (Å²) >= 11 is 0. The molecule has 1 amide bonds. The number of methoxy groups -OCH3 is 1. The molecule has 4 heterocycles. The van der Waals surface area contributed by atoms with Gasteiger partial charge in [-0.2, -0.15) is 0 Å². The summed E-state index contributed by atoms with van der Waals surface area (Å²) in [5.74, 6) is -9.27. The second-order valence-electron chi connectivity index (χ2n) is 24.7. The second kappa shape index (κ2) is 15.9. The van der Waals surface area contributed by atoms with Crippen LogP contribution in [0.15, 0.2) is 0 Å². The number of nitrogens with one attached hydrogen (secondary N) is 1. The molecule has 15 N–H and O–H groups in total. The third-order valence-corrected chi connectivity index (χ3v) is 21.0. The van der Waals surface area contributed by atoms with E-state index in [-0.39, 0.29) is 0 Å². The Hall–Kier alpha value is -1.29. The van der Waals surface area contributed by atoms with Gasteiger partial charge in [-0.1, -0.05) is 13.8 Å². The van der Waals surface area contributed by atoms with Crippen LogP contribution in [0.3, 0.4) is 0 Å². The standard InChI is InChI=1S/C48H92N4O17/c1-28(57)52-37(11)41(15,61)44(18,33(7,27-56)66-48(37,22)69-43(17)31(5,25-54)64-45(19,62-23)35(9,50)39(43,13)59)68-47(21)36(10,51)40(14,60)42(16,32(6,26-55)65-47)67-46(20)34(8,49)38(12,58)29(2,3)30(4,24-53)63-46/h53-56,58-61H,24-27,49-51H2,1-23H3,(H,52,57)/t30?,31?,32?,33?,34?,35?,36?,37?,38-,39+,40+,41+,42-,43-,44-,45+,46-,47-,48-/m1/s1. The van der Waals surface area contributed by atoms with Crippen molar-refractivity contribution in [3.63, 3.8) is 0 Å². The van der Waals surface area contributed by atoms with E-state index in [1.54, 1.807) is 20.8 Å². The molecule has 0 spiro atoms. The largest absolute Gasteiger partial charge is 0.393 e. The van der Waals surface area contributed by atoms with Gasteiger partial charge in [0.15, 0.2) is 23.1 Å². The topological polar surface area (TPSA) is 343 Å². The third kappa shape index (κ3) is 6.67. The number of hydrogen-bond acceptors (Lipinski definition) is 20. The first kappa shape index (κ1) is 60.3. The number of nitrogens with two attached hydrogens (primary N) is 3. The molecule has 19 atom stereocenters. The Balaban J connectivity index is 2.00. The molecule has 0 bridgehead atoms. The molecule has 21 nitrogen and oxygen atoms in total. The summed E-state index contributed by atoms with van der Waals surface area (Å²) in [5, 5.41) is 99.9. The van der Waals surface area contributed by atoms with E-state index in [9.17, 15) is 45.6 Å². The summed E-state index contributed by atoms with van der Waals surface area (Å²) in [7, 11) is 1.33. The van der Waals surface area contributed by atoms with Crippen LogP contribution in [0, 0.1) is 5.41 Å². The van der Waals surface area contributed by atoms with E-state index >= 15 is 0 Å². The molecule has 0 aromatic heterocycles. The minimum Gasteiger partial charge on any atom is -0.393 e. The van der Waals surface area contributed by atoms with Crippen LogP contribution < -0.4 is 22.5 Å². The number of amides is 1. The van der Waals surface area contributed by atoms with Crippen LogP contribution in [0.4, 0.5) is 0 Å². The first-order valence-electron chi connectivity index (χ1n) is 23.6. The van der Waals surface area contributed by atoms with Gasteiger partial charge in [0.2, 0.25) is 5.91 Å². The SMILES string of the molecule is CO[C@@]1(C)OC(C)(CO)[C@@](C)(O[C@@]2(C)OC(C)(CO)[C@@](C)(O[C@@]3(C)OC(C)(CO)[C@@](C)(O[C@@]4(C)OC(C)(CO)C(C)(C)[C@@](C)(O)C4(C)N)[C@@](C)(O)C3(C)N)[C@@](C)(O)C2(C)NC(C)=O)[C@@](C)(O)C1(C)N. The number of ether oxygens (including phenoxy) is 8. The zero-order chi connectivity index (χ0) is 54.8. The van der Waals surface area contributed by atoms with E-state index in [1.165, 1.54) is 139 Å². The Kier molecular flexibility index (Phi) is 13.9. The van der Waals surface area contributed by atoms with Crippen molar-refractivity contribution in [2.45, 2.75) is 259 Å². The maximum Gasteiger partial charge on any atom is 0.217 e. The minimum atomic E-state index is -2.53. The highest BCUT2D eigenvalue weighted by molar-refractivity contribution is 5.74. The van der Waals surface area contributed by atoms with E-state index in [0.29, 0.717) is 0 Å². The van der Waals surface area contributed by atoms with Crippen LogP contribution in [-0.4, -0.2) is 187 Å². The van der Waals surface area contributed by atoms with Crippen molar-refractivity contribution in [3.8, 4) is 0 Å². The number of hydrogen-bond donors (Lipinski definition) is 12. The van der Waals surface area contributed by atoms with Crippen molar-refractivity contribution in [3.05, 3.63) is 0 Å². The fourth-order valence-electron chi connectivity index (χ4n) is 12.3. The first-order valence-corrected chi connectivity index (χ1v) is 23.6. The van der Waals surface area contributed by atoms with Crippen LogP contribution in [-0.2, 0) is 42.7 Å². The van der Waals surface area contributed by atoms with Gasteiger partial charge in [-0.05, 0) is 132 Å². The molecule has 0 radical (unpaired) electrons. The van der Waals surface area contributed by atoms with Gasteiger partial charge in [-0.3, -0.25) is 4.79 Å². The lowest BCUT2D eigenvalue weighted by Gasteiger charge is -2.74. The Bertz CT molecular complexity index is 2020. The number of aliphatic hydroxyl groups excluding tert-OH is 4. The normalized spacial score (nSPS) is 58.9. The summed E-state index contributed by atoms with van der Waals surface area (Å²) < 4.78 is 53.8. The van der Waals surface area contributed by atoms with Gasteiger partial charge in [0.05, 0.1) is 54.2 Å².